The monoisotopic (exact) mass is 374 g/mol. The van der Waals surface area contributed by atoms with Crippen molar-refractivity contribution in [3.63, 3.8) is 0 Å². The Balaban J connectivity index is 1.77. The maximum Gasteiger partial charge on any atom is 0.244 e. The molecule has 0 aliphatic carbocycles. The van der Waals surface area contributed by atoms with Gasteiger partial charge < -0.3 is 10.1 Å². The van der Waals surface area contributed by atoms with Gasteiger partial charge in [0.25, 0.3) is 0 Å². The molecule has 0 unspecified atom stereocenters. The summed E-state index contributed by atoms with van der Waals surface area (Å²) in [6, 6.07) is 13.9. The molecule has 0 atom stereocenters. The van der Waals surface area contributed by atoms with E-state index in [1.54, 1.807) is 18.2 Å². The largest absolute Gasteiger partial charge is 0.492 e. The maximum absolute atomic E-state index is 11.8. The fraction of sp³-hybridized carbons (Fsp3) is 0.211. The Labute approximate surface area is 153 Å². The number of hydrogen-bond acceptors (Lipinski definition) is 4. The van der Waals surface area contributed by atoms with Crippen LogP contribution in [0.4, 0.5) is 0 Å². The number of benzene rings is 2. The first-order valence-corrected chi connectivity index (χ1v) is 9.58. The van der Waals surface area contributed by atoms with E-state index in [2.05, 4.69) is 10.0 Å². The second kappa shape index (κ2) is 9.17. The zero-order valence-corrected chi connectivity index (χ0v) is 15.5. The Morgan fingerprint density at radius 2 is 1.73 bits per heavy atom. The first-order valence-electron chi connectivity index (χ1n) is 8.10. The van der Waals surface area contributed by atoms with Crippen LogP contribution in [0.3, 0.4) is 0 Å². The van der Waals surface area contributed by atoms with Gasteiger partial charge in [0.1, 0.15) is 12.4 Å². The van der Waals surface area contributed by atoms with Crippen molar-refractivity contribution in [1.29, 1.82) is 0 Å². The molecule has 0 saturated heterocycles. The highest BCUT2D eigenvalue weighted by atomic mass is 32.2. The lowest BCUT2D eigenvalue weighted by molar-refractivity contribution is -0.116. The summed E-state index contributed by atoms with van der Waals surface area (Å²) in [7, 11) is -2.10. The molecule has 2 aromatic carbocycles. The smallest absolute Gasteiger partial charge is 0.244 e. The first-order chi connectivity index (χ1) is 12.4. The number of carbonyl (C=O) groups excluding carboxylic acids is 1. The molecule has 2 N–H and O–H groups in total. The predicted molar refractivity (Wildman–Crippen MR) is 101 cm³/mol. The van der Waals surface area contributed by atoms with E-state index in [0.717, 1.165) is 16.9 Å². The van der Waals surface area contributed by atoms with E-state index >= 15 is 0 Å². The van der Waals surface area contributed by atoms with Crippen LogP contribution in [0, 0.1) is 6.92 Å². The van der Waals surface area contributed by atoms with Crippen LogP contribution in [-0.2, 0) is 14.8 Å². The Morgan fingerprint density at radius 1 is 1.08 bits per heavy atom. The number of aryl methyl sites for hydroxylation is 1. The second-order valence-corrected chi connectivity index (χ2v) is 7.45. The Bertz CT molecular complexity index is 857. The van der Waals surface area contributed by atoms with Crippen LogP contribution in [0.1, 0.15) is 11.1 Å². The van der Waals surface area contributed by atoms with Gasteiger partial charge in [-0.2, -0.15) is 0 Å². The molecule has 0 aliphatic rings. The van der Waals surface area contributed by atoms with Gasteiger partial charge in [-0.15, -0.1) is 0 Å². The number of ether oxygens (including phenoxy) is 1. The quantitative estimate of drug-likeness (QED) is 0.547. The highest BCUT2D eigenvalue weighted by Crippen LogP contribution is 2.12. The van der Waals surface area contributed by atoms with E-state index in [4.69, 9.17) is 4.74 Å². The minimum atomic E-state index is -3.45. The molecule has 6 nitrogen and oxygen atoms in total. The summed E-state index contributed by atoms with van der Waals surface area (Å²) in [5.74, 6) is 0.515. The molecule has 0 aromatic heterocycles. The van der Waals surface area contributed by atoms with Crippen LogP contribution < -0.4 is 14.8 Å². The fourth-order valence-electron chi connectivity index (χ4n) is 2.08. The van der Waals surface area contributed by atoms with E-state index in [9.17, 15) is 13.2 Å². The van der Waals surface area contributed by atoms with Crippen molar-refractivity contribution in [1.82, 2.24) is 10.0 Å². The van der Waals surface area contributed by atoms with Crippen molar-refractivity contribution in [3.05, 3.63) is 65.7 Å². The number of sulfonamides is 1. The maximum atomic E-state index is 11.8. The third-order valence-electron chi connectivity index (χ3n) is 3.58. The lowest BCUT2D eigenvalue weighted by Gasteiger charge is -2.06. The van der Waals surface area contributed by atoms with Gasteiger partial charge >= 0.3 is 0 Å². The highest BCUT2D eigenvalue weighted by Gasteiger charge is 2.09. The van der Waals surface area contributed by atoms with Crippen molar-refractivity contribution >= 4 is 22.0 Å². The van der Waals surface area contributed by atoms with Gasteiger partial charge in [-0.05, 0) is 49.9 Å². The SMILES string of the molecule is CNS(=O)(=O)c1ccc(/C=C/C(=O)NCCOc2ccc(C)cc2)cc1. The molecule has 0 saturated carbocycles. The van der Waals surface area contributed by atoms with Gasteiger partial charge in [-0.3, -0.25) is 4.79 Å². The van der Waals surface area contributed by atoms with E-state index in [0.29, 0.717) is 13.2 Å². The molecule has 2 rings (SSSR count). The molecular weight excluding hydrogens is 352 g/mol. The lowest BCUT2D eigenvalue weighted by atomic mass is 10.2. The fourth-order valence-corrected chi connectivity index (χ4v) is 2.81. The Kier molecular flexibility index (Phi) is 6.94. The second-order valence-electron chi connectivity index (χ2n) is 5.56. The average Bonchev–Trinajstić information content (AvgIpc) is 2.65. The van der Waals surface area contributed by atoms with Crippen molar-refractivity contribution in [2.75, 3.05) is 20.2 Å². The number of amides is 1. The standard InChI is InChI=1S/C19H22N2O4S/c1-15-3-8-17(9-4-15)25-14-13-21-19(22)12-7-16-5-10-18(11-6-16)26(23,24)20-2/h3-12,20H,13-14H2,1-2H3,(H,21,22)/b12-7+. The molecule has 7 heteroatoms. The molecule has 138 valence electrons. The average molecular weight is 374 g/mol. The van der Waals surface area contributed by atoms with Gasteiger partial charge in [-0.25, -0.2) is 13.1 Å². The first kappa shape index (κ1) is 19.7. The Hall–Kier alpha value is -2.64. The summed E-state index contributed by atoms with van der Waals surface area (Å²) in [6.45, 7) is 2.76. The van der Waals surface area contributed by atoms with E-state index in [1.807, 2.05) is 31.2 Å². The van der Waals surface area contributed by atoms with Crippen LogP contribution in [0.5, 0.6) is 5.75 Å². The minimum Gasteiger partial charge on any atom is -0.492 e. The molecule has 0 radical (unpaired) electrons. The Morgan fingerprint density at radius 3 is 2.35 bits per heavy atom. The van der Waals surface area contributed by atoms with Gasteiger partial charge in [0, 0.05) is 6.08 Å². The van der Waals surface area contributed by atoms with E-state index in [1.165, 1.54) is 25.3 Å². The zero-order valence-electron chi connectivity index (χ0n) is 14.7. The summed E-state index contributed by atoms with van der Waals surface area (Å²) in [6.07, 6.45) is 3.01. The summed E-state index contributed by atoms with van der Waals surface area (Å²) < 4.78 is 31.1. The molecule has 0 fully saturated rings. The van der Waals surface area contributed by atoms with E-state index < -0.39 is 10.0 Å². The van der Waals surface area contributed by atoms with Gasteiger partial charge in [0.15, 0.2) is 0 Å². The third kappa shape index (κ3) is 6.02. The number of hydrogen-bond donors (Lipinski definition) is 2. The molecule has 1 amide bonds. The van der Waals surface area contributed by atoms with Crippen molar-refractivity contribution in [2.45, 2.75) is 11.8 Å². The molecule has 0 aliphatic heterocycles. The molecule has 0 heterocycles. The molecule has 0 spiro atoms. The van der Waals surface area contributed by atoms with Gasteiger partial charge in [0.2, 0.25) is 15.9 Å². The number of nitrogens with one attached hydrogen (secondary N) is 2. The van der Waals surface area contributed by atoms with Crippen LogP contribution in [0.25, 0.3) is 6.08 Å². The minimum absolute atomic E-state index is 0.176. The van der Waals surface area contributed by atoms with Crippen molar-refractivity contribution in [2.24, 2.45) is 0 Å². The van der Waals surface area contributed by atoms with Crippen LogP contribution in [0.2, 0.25) is 0 Å². The third-order valence-corrected chi connectivity index (χ3v) is 5.01. The highest BCUT2D eigenvalue weighted by molar-refractivity contribution is 7.89. The van der Waals surface area contributed by atoms with Crippen molar-refractivity contribution < 1.29 is 17.9 Å². The van der Waals surface area contributed by atoms with Gasteiger partial charge in [-0.1, -0.05) is 29.8 Å². The predicted octanol–water partition coefficient (Wildman–Crippen LogP) is 2.11. The number of rotatable bonds is 8. The van der Waals surface area contributed by atoms with Gasteiger partial charge in [0.05, 0.1) is 11.4 Å². The zero-order chi connectivity index (χ0) is 19.0. The summed E-state index contributed by atoms with van der Waals surface area (Å²) in [5, 5.41) is 2.72. The lowest BCUT2D eigenvalue weighted by Crippen LogP contribution is -2.26. The topological polar surface area (TPSA) is 84.5 Å². The summed E-state index contributed by atoms with van der Waals surface area (Å²) >= 11 is 0. The normalized spacial score (nSPS) is 11.5. The summed E-state index contributed by atoms with van der Waals surface area (Å²) in [5.41, 5.74) is 1.89. The molecule has 0 bridgehead atoms. The van der Waals surface area contributed by atoms with Crippen LogP contribution in [0.15, 0.2) is 59.5 Å². The van der Waals surface area contributed by atoms with Crippen molar-refractivity contribution in [3.8, 4) is 5.75 Å². The van der Waals surface area contributed by atoms with E-state index in [-0.39, 0.29) is 10.8 Å². The molecule has 26 heavy (non-hydrogen) atoms. The number of carbonyl (C=O) groups is 1. The van der Waals surface area contributed by atoms with Crippen LogP contribution >= 0.6 is 0 Å². The molecular formula is C19H22N2O4S. The summed E-state index contributed by atoms with van der Waals surface area (Å²) in [4.78, 5) is 12.0. The van der Waals surface area contributed by atoms with Crippen LogP contribution in [-0.4, -0.2) is 34.5 Å². The molecule has 2 aromatic rings.